The van der Waals surface area contributed by atoms with Crippen LogP contribution in [-0.4, -0.2) is 7.05 Å². The molecule has 0 bridgehead atoms. The third kappa shape index (κ3) is 2.77. The summed E-state index contributed by atoms with van der Waals surface area (Å²) in [7, 11) is 1.79. The standard InChI is InChI=1S/C15H12BrFN2/c1-19(13-6-2-4-11(8-13)10-18)15-12(9-16)5-3-7-14(15)17/h2-8H,9H2,1H3. The summed E-state index contributed by atoms with van der Waals surface area (Å²) < 4.78 is 14.0. The van der Waals surface area contributed by atoms with Gasteiger partial charge in [-0.15, -0.1) is 0 Å². The van der Waals surface area contributed by atoms with Crippen LogP contribution in [0.3, 0.4) is 0 Å². The van der Waals surface area contributed by atoms with E-state index in [1.165, 1.54) is 6.07 Å². The second-order valence-electron chi connectivity index (χ2n) is 4.10. The van der Waals surface area contributed by atoms with Crippen LogP contribution >= 0.6 is 15.9 Å². The summed E-state index contributed by atoms with van der Waals surface area (Å²) in [5.74, 6) is -0.276. The van der Waals surface area contributed by atoms with Crippen molar-refractivity contribution in [2.24, 2.45) is 0 Å². The molecule has 0 saturated carbocycles. The molecule has 0 spiro atoms. The van der Waals surface area contributed by atoms with E-state index in [0.717, 1.165) is 11.3 Å². The Morgan fingerprint density at radius 3 is 2.68 bits per heavy atom. The summed E-state index contributed by atoms with van der Waals surface area (Å²) in [6.07, 6.45) is 0. The molecule has 0 heterocycles. The molecular weight excluding hydrogens is 307 g/mol. The lowest BCUT2D eigenvalue weighted by Crippen LogP contribution is -2.13. The largest absolute Gasteiger partial charge is 0.342 e. The third-order valence-corrected chi connectivity index (χ3v) is 3.52. The van der Waals surface area contributed by atoms with Crippen LogP contribution < -0.4 is 4.90 Å². The number of nitrogens with zero attached hydrogens (tertiary/aromatic N) is 2. The number of halogens is 2. The summed E-state index contributed by atoms with van der Waals surface area (Å²) in [5.41, 5.74) is 2.73. The second kappa shape index (κ2) is 5.85. The van der Waals surface area contributed by atoms with Crippen molar-refractivity contribution in [1.82, 2.24) is 0 Å². The van der Waals surface area contributed by atoms with E-state index in [9.17, 15) is 4.39 Å². The maximum absolute atomic E-state index is 14.0. The first-order chi connectivity index (χ1) is 9.17. The van der Waals surface area contributed by atoms with Gasteiger partial charge >= 0.3 is 0 Å². The minimum Gasteiger partial charge on any atom is -0.342 e. The Kier molecular flexibility index (Phi) is 4.18. The van der Waals surface area contributed by atoms with Crippen LogP contribution in [0.15, 0.2) is 42.5 Å². The monoisotopic (exact) mass is 318 g/mol. The second-order valence-corrected chi connectivity index (χ2v) is 4.66. The molecule has 0 fully saturated rings. The number of nitriles is 1. The highest BCUT2D eigenvalue weighted by atomic mass is 79.9. The summed E-state index contributed by atoms with van der Waals surface area (Å²) >= 11 is 3.37. The average molecular weight is 319 g/mol. The van der Waals surface area contributed by atoms with Crippen LogP contribution in [0.2, 0.25) is 0 Å². The number of hydrogen-bond donors (Lipinski definition) is 0. The van der Waals surface area contributed by atoms with Gasteiger partial charge in [0.1, 0.15) is 5.82 Å². The first-order valence-electron chi connectivity index (χ1n) is 5.74. The molecule has 0 aromatic heterocycles. The Balaban J connectivity index is 2.50. The van der Waals surface area contributed by atoms with Crippen molar-refractivity contribution in [2.45, 2.75) is 5.33 Å². The number of anilines is 2. The van der Waals surface area contributed by atoms with Gasteiger partial charge in [0, 0.05) is 18.1 Å². The smallest absolute Gasteiger partial charge is 0.147 e. The van der Waals surface area contributed by atoms with E-state index in [0.29, 0.717) is 16.6 Å². The Morgan fingerprint density at radius 2 is 2.00 bits per heavy atom. The quantitative estimate of drug-likeness (QED) is 0.786. The molecule has 2 aromatic rings. The lowest BCUT2D eigenvalue weighted by atomic mass is 10.1. The summed E-state index contributed by atoms with van der Waals surface area (Å²) in [6, 6.07) is 14.2. The van der Waals surface area contributed by atoms with Crippen molar-refractivity contribution in [3.8, 4) is 6.07 Å². The van der Waals surface area contributed by atoms with Crippen LogP contribution in [-0.2, 0) is 5.33 Å². The molecule has 0 unspecified atom stereocenters. The zero-order chi connectivity index (χ0) is 13.8. The number of hydrogen-bond acceptors (Lipinski definition) is 2. The lowest BCUT2D eigenvalue weighted by Gasteiger charge is -2.22. The maximum atomic E-state index is 14.0. The Hall–Kier alpha value is -1.86. The van der Waals surface area contributed by atoms with E-state index in [4.69, 9.17) is 5.26 Å². The summed E-state index contributed by atoms with van der Waals surface area (Å²) in [4.78, 5) is 1.76. The molecular formula is C15H12BrFN2. The van der Waals surface area contributed by atoms with Crippen molar-refractivity contribution in [2.75, 3.05) is 11.9 Å². The highest BCUT2D eigenvalue weighted by Gasteiger charge is 2.14. The Labute approximate surface area is 120 Å². The van der Waals surface area contributed by atoms with Gasteiger partial charge in [0.15, 0.2) is 0 Å². The number of alkyl halides is 1. The van der Waals surface area contributed by atoms with E-state index in [1.54, 1.807) is 36.2 Å². The molecule has 0 aliphatic heterocycles. The van der Waals surface area contributed by atoms with Crippen molar-refractivity contribution < 1.29 is 4.39 Å². The first-order valence-corrected chi connectivity index (χ1v) is 6.86. The first kappa shape index (κ1) is 13.6. The molecule has 2 nitrogen and oxygen atoms in total. The van der Waals surface area contributed by atoms with Crippen molar-refractivity contribution >= 4 is 27.3 Å². The van der Waals surface area contributed by atoms with Crippen LogP contribution in [0, 0.1) is 17.1 Å². The SMILES string of the molecule is CN(c1cccc(C#N)c1)c1c(F)cccc1CBr. The average Bonchev–Trinajstić information content (AvgIpc) is 2.46. The fraction of sp³-hybridized carbons (Fsp3) is 0.133. The number of para-hydroxylation sites is 1. The van der Waals surface area contributed by atoms with Gasteiger partial charge in [-0.3, -0.25) is 0 Å². The maximum Gasteiger partial charge on any atom is 0.147 e. The van der Waals surface area contributed by atoms with E-state index in [1.807, 2.05) is 12.1 Å². The van der Waals surface area contributed by atoms with Crippen molar-refractivity contribution in [3.05, 3.63) is 59.4 Å². The summed E-state index contributed by atoms with van der Waals surface area (Å²) in [6.45, 7) is 0. The van der Waals surface area contributed by atoms with Gasteiger partial charge in [0.25, 0.3) is 0 Å². The van der Waals surface area contributed by atoms with Gasteiger partial charge in [0.2, 0.25) is 0 Å². The van der Waals surface area contributed by atoms with Crippen molar-refractivity contribution in [1.29, 1.82) is 5.26 Å². The van der Waals surface area contributed by atoms with Crippen molar-refractivity contribution in [3.63, 3.8) is 0 Å². The predicted molar refractivity (Wildman–Crippen MR) is 78.3 cm³/mol. The topological polar surface area (TPSA) is 27.0 Å². The molecule has 4 heteroatoms. The van der Waals surface area contributed by atoms with E-state index < -0.39 is 0 Å². The molecule has 0 saturated heterocycles. The molecule has 2 rings (SSSR count). The number of benzene rings is 2. The molecule has 0 N–H and O–H groups in total. The number of rotatable bonds is 3. The zero-order valence-corrected chi connectivity index (χ0v) is 12.0. The van der Waals surface area contributed by atoms with Crippen LogP contribution in [0.5, 0.6) is 0 Å². The van der Waals surface area contributed by atoms with E-state index in [-0.39, 0.29) is 5.82 Å². The molecule has 0 amide bonds. The fourth-order valence-electron chi connectivity index (χ4n) is 1.96. The van der Waals surface area contributed by atoms with Gasteiger partial charge in [0.05, 0.1) is 17.3 Å². The predicted octanol–water partition coefficient (Wildman–Crippen LogP) is 4.36. The highest BCUT2D eigenvalue weighted by Crippen LogP contribution is 2.31. The molecule has 0 aliphatic rings. The fourth-order valence-corrected chi connectivity index (χ4v) is 2.41. The van der Waals surface area contributed by atoms with Crippen LogP contribution in [0.1, 0.15) is 11.1 Å². The highest BCUT2D eigenvalue weighted by molar-refractivity contribution is 9.08. The Bertz CT molecular complexity index is 634. The molecule has 2 aromatic carbocycles. The minimum absolute atomic E-state index is 0.276. The normalized spacial score (nSPS) is 10.0. The lowest BCUT2D eigenvalue weighted by molar-refractivity contribution is 0.626. The Morgan fingerprint density at radius 1 is 1.26 bits per heavy atom. The van der Waals surface area contributed by atoms with Gasteiger partial charge in [-0.2, -0.15) is 5.26 Å². The van der Waals surface area contributed by atoms with E-state index >= 15 is 0 Å². The van der Waals surface area contributed by atoms with Gasteiger partial charge in [-0.1, -0.05) is 34.1 Å². The van der Waals surface area contributed by atoms with Gasteiger partial charge in [-0.25, -0.2) is 4.39 Å². The van der Waals surface area contributed by atoms with Gasteiger partial charge < -0.3 is 4.90 Å². The molecule has 0 aliphatic carbocycles. The molecule has 96 valence electrons. The zero-order valence-electron chi connectivity index (χ0n) is 10.4. The third-order valence-electron chi connectivity index (χ3n) is 2.91. The molecule has 19 heavy (non-hydrogen) atoms. The molecule has 0 radical (unpaired) electrons. The van der Waals surface area contributed by atoms with Gasteiger partial charge in [-0.05, 0) is 29.8 Å². The minimum atomic E-state index is -0.276. The molecule has 0 atom stereocenters. The summed E-state index contributed by atoms with van der Waals surface area (Å²) in [5, 5.41) is 9.49. The van der Waals surface area contributed by atoms with E-state index in [2.05, 4.69) is 22.0 Å². The van der Waals surface area contributed by atoms with Crippen LogP contribution in [0.4, 0.5) is 15.8 Å². The van der Waals surface area contributed by atoms with Crippen LogP contribution in [0.25, 0.3) is 0 Å².